The minimum absolute atomic E-state index is 0.0310. The van der Waals surface area contributed by atoms with Gasteiger partial charge in [0.1, 0.15) is 12.4 Å². The van der Waals surface area contributed by atoms with Gasteiger partial charge in [0.05, 0.1) is 13.2 Å². The quantitative estimate of drug-likeness (QED) is 0.668. The molecule has 0 unspecified atom stereocenters. The van der Waals surface area contributed by atoms with Gasteiger partial charge in [0.25, 0.3) is 5.91 Å². The van der Waals surface area contributed by atoms with Gasteiger partial charge in [0.2, 0.25) is 5.91 Å². The van der Waals surface area contributed by atoms with E-state index in [1.165, 1.54) is 0 Å². The van der Waals surface area contributed by atoms with Crippen molar-refractivity contribution in [2.45, 2.75) is 18.9 Å². The van der Waals surface area contributed by atoms with Gasteiger partial charge in [-0.1, -0.05) is 18.2 Å². The summed E-state index contributed by atoms with van der Waals surface area (Å²) >= 11 is 0. The zero-order valence-corrected chi connectivity index (χ0v) is 14.6. The number of carbonyl (C=O) groups is 2. The number of carbonyl (C=O) groups excluding carboxylic acids is 2. The average molecular weight is 350 g/mol. The lowest BCUT2D eigenvalue weighted by Gasteiger charge is -2.32. The zero-order chi connectivity index (χ0) is 17.9. The summed E-state index contributed by atoms with van der Waals surface area (Å²) < 4.78 is 15.5. The molecule has 7 heteroatoms. The van der Waals surface area contributed by atoms with Crippen molar-refractivity contribution < 1.29 is 23.8 Å². The summed E-state index contributed by atoms with van der Waals surface area (Å²) in [4.78, 5) is 25.7. The van der Waals surface area contributed by atoms with E-state index in [0.29, 0.717) is 32.1 Å². The number of rotatable bonds is 9. The maximum atomic E-state index is 12.2. The molecular formula is C18H26N2O5. The Balaban J connectivity index is 1.62. The first kappa shape index (κ1) is 19.2. The van der Waals surface area contributed by atoms with E-state index in [9.17, 15) is 9.59 Å². The van der Waals surface area contributed by atoms with E-state index in [4.69, 9.17) is 14.2 Å². The maximum Gasteiger partial charge on any atom is 0.260 e. The van der Waals surface area contributed by atoms with Crippen LogP contribution in [0.5, 0.6) is 5.75 Å². The van der Waals surface area contributed by atoms with Crippen molar-refractivity contribution in [2.24, 2.45) is 0 Å². The van der Waals surface area contributed by atoms with E-state index in [0.717, 1.165) is 12.8 Å². The van der Waals surface area contributed by atoms with Crippen LogP contribution in [0.3, 0.4) is 0 Å². The Hall–Kier alpha value is -2.12. The number of likely N-dealkylation sites (tertiary alicyclic amines) is 1. The topological polar surface area (TPSA) is 77.1 Å². The zero-order valence-electron chi connectivity index (χ0n) is 14.6. The molecule has 0 aliphatic carbocycles. The van der Waals surface area contributed by atoms with Gasteiger partial charge in [-0.25, -0.2) is 0 Å². The Morgan fingerprint density at radius 1 is 1.12 bits per heavy atom. The number of hydrogen-bond acceptors (Lipinski definition) is 5. The molecule has 1 saturated heterocycles. The number of piperidine rings is 1. The van der Waals surface area contributed by atoms with E-state index in [-0.39, 0.29) is 31.1 Å². The molecule has 25 heavy (non-hydrogen) atoms. The van der Waals surface area contributed by atoms with E-state index in [1.54, 1.807) is 12.0 Å². The molecule has 0 bridgehead atoms. The van der Waals surface area contributed by atoms with Gasteiger partial charge in [-0.15, -0.1) is 0 Å². The van der Waals surface area contributed by atoms with E-state index in [1.807, 2.05) is 30.3 Å². The summed E-state index contributed by atoms with van der Waals surface area (Å²) in [6, 6.07) is 9.36. The Kier molecular flexibility index (Phi) is 8.21. The number of nitrogens with one attached hydrogen (secondary N) is 1. The molecule has 0 saturated carbocycles. The highest BCUT2D eigenvalue weighted by molar-refractivity contribution is 5.78. The van der Waals surface area contributed by atoms with Crippen LogP contribution in [0.15, 0.2) is 30.3 Å². The highest BCUT2D eigenvalue weighted by Gasteiger charge is 2.24. The van der Waals surface area contributed by atoms with Gasteiger partial charge in [-0.05, 0) is 25.0 Å². The maximum absolute atomic E-state index is 12.2. The normalized spacial score (nSPS) is 15.0. The van der Waals surface area contributed by atoms with Crippen LogP contribution >= 0.6 is 0 Å². The number of ether oxygens (including phenoxy) is 3. The van der Waals surface area contributed by atoms with E-state index < -0.39 is 0 Å². The first-order valence-electron chi connectivity index (χ1n) is 8.50. The van der Waals surface area contributed by atoms with Crippen molar-refractivity contribution in [3.8, 4) is 5.75 Å². The molecule has 1 aromatic rings. The number of amides is 2. The molecule has 2 amide bonds. The average Bonchev–Trinajstić information content (AvgIpc) is 2.65. The van der Waals surface area contributed by atoms with Crippen LogP contribution < -0.4 is 10.1 Å². The summed E-state index contributed by atoms with van der Waals surface area (Å²) in [6.45, 7) is 2.18. The SMILES string of the molecule is COCCOCC(=O)NC1CCN(C(=O)COc2ccccc2)CC1. The molecule has 0 aromatic heterocycles. The number of hydrogen-bond donors (Lipinski definition) is 1. The lowest BCUT2D eigenvalue weighted by molar-refractivity contribution is -0.134. The van der Waals surface area contributed by atoms with Crippen molar-refractivity contribution >= 4 is 11.8 Å². The lowest BCUT2D eigenvalue weighted by Crippen LogP contribution is -2.48. The Bertz CT molecular complexity index is 530. The van der Waals surface area contributed by atoms with Crippen molar-refractivity contribution in [2.75, 3.05) is 46.6 Å². The van der Waals surface area contributed by atoms with Crippen molar-refractivity contribution in [3.63, 3.8) is 0 Å². The van der Waals surface area contributed by atoms with Crippen LogP contribution in [-0.4, -0.2) is 69.4 Å². The van der Waals surface area contributed by atoms with Crippen molar-refractivity contribution in [1.29, 1.82) is 0 Å². The molecule has 0 atom stereocenters. The second-order valence-electron chi connectivity index (χ2n) is 5.87. The summed E-state index contributed by atoms with van der Waals surface area (Å²) in [6.07, 6.45) is 1.47. The monoisotopic (exact) mass is 350 g/mol. The van der Waals surface area contributed by atoms with Crippen molar-refractivity contribution in [1.82, 2.24) is 10.2 Å². The first-order valence-corrected chi connectivity index (χ1v) is 8.50. The number of benzene rings is 1. The Morgan fingerprint density at radius 2 is 1.84 bits per heavy atom. The number of methoxy groups -OCH3 is 1. The molecule has 0 radical (unpaired) electrons. The number of nitrogens with zero attached hydrogens (tertiary/aromatic N) is 1. The highest BCUT2D eigenvalue weighted by Crippen LogP contribution is 2.12. The van der Waals surface area contributed by atoms with Gasteiger partial charge in [0, 0.05) is 26.2 Å². The van der Waals surface area contributed by atoms with Crippen LogP contribution in [0, 0.1) is 0 Å². The molecule has 0 spiro atoms. The second kappa shape index (κ2) is 10.7. The molecule has 1 aliphatic heterocycles. The van der Waals surface area contributed by atoms with E-state index in [2.05, 4.69) is 5.32 Å². The summed E-state index contributed by atoms with van der Waals surface area (Å²) in [7, 11) is 1.59. The first-order chi connectivity index (χ1) is 12.2. The third-order valence-electron chi connectivity index (χ3n) is 3.98. The minimum Gasteiger partial charge on any atom is -0.484 e. The molecular weight excluding hydrogens is 324 g/mol. The number of para-hydroxylation sites is 1. The van der Waals surface area contributed by atoms with Crippen LogP contribution in [0.4, 0.5) is 0 Å². The van der Waals surface area contributed by atoms with Gasteiger partial charge >= 0.3 is 0 Å². The molecule has 1 aromatic carbocycles. The third kappa shape index (κ3) is 7.11. The van der Waals surface area contributed by atoms with Gasteiger partial charge < -0.3 is 24.4 Å². The van der Waals surface area contributed by atoms with Gasteiger partial charge in [-0.3, -0.25) is 9.59 Å². The molecule has 138 valence electrons. The fraction of sp³-hybridized carbons (Fsp3) is 0.556. The fourth-order valence-electron chi connectivity index (χ4n) is 2.60. The molecule has 1 N–H and O–H groups in total. The van der Waals surface area contributed by atoms with Crippen LogP contribution in [0.25, 0.3) is 0 Å². The smallest absolute Gasteiger partial charge is 0.260 e. The fourth-order valence-corrected chi connectivity index (χ4v) is 2.60. The summed E-state index contributed by atoms with van der Waals surface area (Å²) in [5.41, 5.74) is 0. The predicted molar refractivity (Wildman–Crippen MR) is 92.4 cm³/mol. The van der Waals surface area contributed by atoms with Crippen LogP contribution in [0.2, 0.25) is 0 Å². The Labute approximate surface area is 148 Å². The van der Waals surface area contributed by atoms with Crippen LogP contribution in [-0.2, 0) is 19.1 Å². The van der Waals surface area contributed by atoms with Gasteiger partial charge in [0.15, 0.2) is 6.61 Å². The molecule has 1 fully saturated rings. The Morgan fingerprint density at radius 3 is 2.52 bits per heavy atom. The minimum atomic E-state index is -0.131. The molecule has 1 heterocycles. The molecule has 1 aliphatic rings. The third-order valence-corrected chi connectivity index (χ3v) is 3.98. The molecule has 7 nitrogen and oxygen atoms in total. The summed E-state index contributed by atoms with van der Waals surface area (Å²) in [5, 5.41) is 2.94. The largest absolute Gasteiger partial charge is 0.484 e. The van der Waals surface area contributed by atoms with Crippen molar-refractivity contribution in [3.05, 3.63) is 30.3 Å². The predicted octanol–water partition coefficient (Wildman–Crippen LogP) is 0.836. The van der Waals surface area contributed by atoms with E-state index >= 15 is 0 Å². The molecule has 2 rings (SSSR count). The second-order valence-corrected chi connectivity index (χ2v) is 5.87. The van der Waals surface area contributed by atoms with Gasteiger partial charge in [-0.2, -0.15) is 0 Å². The standard InChI is InChI=1S/C18H26N2O5/c1-23-11-12-24-13-17(21)19-15-7-9-20(10-8-15)18(22)14-25-16-5-3-2-4-6-16/h2-6,15H,7-14H2,1H3,(H,19,21). The lowest BCUT2D eigenvalue weighted by atomic mass is 10.1. The summed E-state index contributed by atoms with van der Waals surface area (Å²) in [5.74, 6) is 0.524. The highest BCUT2D eigenvalue weighted by atomic mass is 16.5. The van der Waals surface area contributed by atoms with Crippen LogP contribution in [0.1, 0.15) is 12.8 Å².